The summed E-state index contributed by atoms with van der Waals surface area (Å²) in [6.45, 7) is 8.94. The van der Waals surface area contributed by atoms with Crippen LogP contribution in [0.1, 0.15) is 25.8 Å². The number of para-hydroxylation sites is 1. The maximum atomic E-state index is 6.11. The minimum Gasteiger partial charge on any atom is -0.397 e. The number of nitrogens with two attached hydrogens (primary N) is 1. The van der Waals surface area contributed by atoms with Gasteiger partial charge in [0.1, 0.15) is 0 Å². The molecule has 0 bridgehead atoms. The van der Waals surface area contributed by atoms with Crippen LogP contribution < -0.4 is 10.6 Å². The molecule has 0 radical (unpaired) electrons. The first-order chi connectivity index (χ1) is 6.99. The molecule has 0 saturated carbocycles. The van der Waals surface area contributed by atoms with Gasteiger partial charge in [0.2, 0.25) is 0 Å². The number of benzene rings is 1. The fourth-order valence-electron chi connectivity index (χ4n) is 2.26. The van der Waals surface area contributed by atoms with E-state index in [9.17, 15) is 0 Å². The molecule has 0 amide bonds. The molecule has 0 spiro atoms. The van der Waals surface area contributed by atoms with E-state index in [4.69, 9.17) is 5.73 Å². The van der Waals surface area contributed by atoms with Crippen LogP contribution in [-0.2, 0) is 0 Å². The van der Waals surface area contributed by atoms with Gasteiger partial charge in [-0.1, -0.05) is 26.0 Å². The monoisotopic (exact) mass is 204 g/mol. The van der Waals surface area contributed by atoms with Gasteiger partial charge in [-0.2, -0.15) is 0 Å². The molecule has 0 aromatic heterocycles. The molecule has 0 atom stereocenters. The molecule has 2 heteroatoms. The van der Waals surface area contributed by atoms with Gasteiger partial charge in [0.25, 0.3) is 0 Å². The molecule has 1 aromatic carbocycles. The third-order valence-electron chi connectivity index (χ3n) is 3.32. The van der Waals surface area contributed by atoms with Gasteiger partial charge in [-0.05, 0) is 30.4 Å². The van der Waals surface area contributed by atoms with Crippen LogP contribution in [0.4, 0.5) is 11.4 Å². The Morgan fingerprint density at radius 1 is 1.33 bits per heavy atom. The maximum Gasteiger partial charge on any atom is 0.0602 e. The molecule has 2 nitrogen and oxygen atoms in total. The molecule has 0 aliphatic carbocycles. The fraction of sp³-hybridized carbons (Fsp3) is 0.538. The van der Waals surface area contributed by atoms with Crippen LogP contribution in [-0.4, -0.2) is 13.1 Å². The molecule has 82 valence electrons. The zero-order valence-corrected chi connectivity index (χ0v) is 9.88. The molecule has 0 unspecified atom stereocenters. The van der Waals surface area contributed by atoms with E-state index in [0.29, 0.717) is 5.41 Å². The van der Waals surface area contributed by atoms with Crippen molar-refractivity contribution >= 4 is 11.4 Å². The van der Waals surface area contributed by atoms with Crippen LogP contribution in [0.3, 0.4) is 0 Å². The molecule has 1 heterocycles. The first-order valence-corrected chi connectivity index (χ1v) is 5.60. The van der Waals surface area contributed by atoms with E-state index < -0.39 is 0 Å². The van der Waals surface area contributed by atoms with Gasteiger partial charge in [0.15, 0.2) is 0 Å². The lowest BCUT2D eigenvalue weighted by molar-refractivity contribution is 0.418. The van der Waals surface area contributed by atoms with Crippen molar-refractivity contribution < 1.29 is 0 Å². The quantitative estimate of drug-likeness (QED) is 0.713. The number of rotatable bonds is 1. The average Bonchev–Trinajstić information content (AvgIpc) is 2.51. The van der Waals surface area contributed by atoms with Crippen LogP contribution in [0.2, 0.25) is 0 Å². The van der Waals surface area contributed by atoms with Gasteiger partial charge in [-0.15, -0.1) is 0 Å². The van der Waals surface area contributed by atoms with Crippen molar-refractivity contribution in [3.63, 3.8) is 0 Å². The van der Waals surface area contributed by atoms with E-state index in [0.717, 1.165) is 18.8 Å². The number of aryl methyl sites for hydroxylation is 1. The summed E-state index contributed by atoms with van der Waals surface area (Å²) in [4.78, 5) is 2.41. The van der Waals surface area contributed by atoms with Gasteiger partial charge in [0.05, 0.1) is 11.4 Å². The molecular formula is C13H20N2. The van der Waals surface area contributed by atoms with Crippen LogP contribution in [0, 0.1) is 12.3 Å². The Morgan fingerprint density at radius 2 is 2.07 bits per heavy atom. The Labute approximate surface area is 92.1 Å². The number of nitrogens with zero attached hydrogens (tertiary/aromatic N) is 1. The summed E-state index contributed by atoms with van der Waals surface area (Å²) in [5.41, 5.74) is 9.86. The molecular weight excluding hydrogens is 184 g/mol. The zero-order valence-electron chi connectivity index (χ0n) is 9.88. The zero-order chi connectivity index (χ0) is 11.1. The van der Waals surface area contributed by atoms with Crippen molar-refractivity contribution in [3.8, 4) is 0 Å². The summed E-state index contributed by atoms with van der Waals surface area (Å²) in [6, 6.07) is 6.29. The maximum absolute atomic E-state index is 6.11. The lowest BCUT2D eigenvalue weighted by atomic mass is 9.93. The summed E-state index contributed by atoms with van der Waals surface area (Å²) < 4.78 is 0. The van der Waals surface area contributed by atoms with Gasteiger partial charge < -0.3 is 10.6 Å². The number of nitrogen functional groups attached to an aromatic ring is 1. The molecule has 1 aromatic rings. The molecule has 1 aliphatic rings. The van der Waals surface area contributed by atoms with Crippen LogP contribution in [0.15, 0.2) is 18.2 Å². The Bertz CT molecular complexity index is 369. The third-order valence-corrected chi connectivity index (χ3v) is 3.32. The topological polar surface area (TPSA) is 29.3 Å². The summed E-state index contributed by atoms with van der Waals surface area (Å²) in [7, 11) is 0. The van der Waals surface area contributed by atoms with E-state index in [1.807, 2.05) is 0 Å². The van der Waals surface area contributed by atoms with E-state index in [1.54, 1.807) is 0 Å². The lowest BCUT2D eigenvalue weighted by Crippen LogP contribution is -2.23. The minimum atomic E-state index is 0.427. The molecule has 1 aliphatic heterocycles. The summed E-state index contributed by atoms with van der Waals surface area (Å²) in [5.74, 6) is 0. The Hall–Kier alpha value is -1.18. The van der Waals surface area contributed by atoms with E-state index in [2.05, 4.69) is 43.9 Å². The molecule has 2 N–H and O–H groups in total. The summed E-state index contributed by atoms with van der Waals surface area (Å²) in [6.07, 6.45) is 1.25. The van der Waals surface area contributed by atoms with Crippen molar-refractivity contribution in [2.75, 3.05) is 23.7 Å². The van der Waals surface area contributed by atoms with Gasteiger partial charge in [-0.25, -0.2) is 0 Å². The normalized spacial score (nSPS) is 19.5. The predicted octanol–water partition coefficient (Wildman–Crippen LogP) is 2.81. The van der Waals surface area contributed by atoms with Gasteiger partial charge >= 0.3 is 0 Å². The van der Waals surface area contributed by atoms with Crippen molar-refractivity contribution in [1.29, 1.82) is 0 Å². The second-order valence-electron chi connectivity index (χ2n) is 5.34. The van der Waals surface area contributed by atoms with Crippen molar-refractivity contribution in [2.24, 2.45) is 5.41 Å². The number of hydrogen-bond donors (Lipinski definition) is 1. The van der Waals surface area contributed by atoms with Crippen LogP contribution in [0.25, 0.3) is 0 Å². The summed E-state index contributed by atoms with van der Waals surface area (Å²) in [5, 5.41) is 0. The first-order valence-electron chi connectivity index (χ1n) is 5.60. The van der Waals surface area contributed by atoms with E-state index in [-0.39, 0.29) is 0 Å². The molecule has 15 heavy (non-hydrogen) atoms. The largest absolute Gasteiger partial charge is 0.397 e. The highest BCUT2D eigenvalue weighted by Crippen LogP contribution is 2.35. The van der Waals surface area contributed by atoms with Crippen LogP contribution in [0.5, 0.6) is 0 Å². The van der Waals surface area contributed by atoms with Gasteiger partial charge in [0, 0.05) is 13.1 Å². The van der Waals surface area contributed by atoms with Crippen LogP contribution >= 0.6 is 0 Å². The standard InChI is InChI=1S/C13H20N2/c1-10-5-4-6-11(12(10)14)15-8-7-13(2,3)9-15/h4-6H,7-9,14H2,1-3H3. The second kappa shape index (κ2) is 3.44. The van der Waals surface area contributed by atoms with Gasteiger partial charge in [-0.3, -0.25) is 0 Å². The van der Waals surface area contributed by atoms with Crippen molar-refractivity contribution in [2.45, 2.75) is 27.2 Å². The average molecular weight is 204 g/mol. The number of hydrogen-bond acceptors (Lipinski definition) is 2. The second-order valence-corrected chi connectivity index (χ2v) is 5.34. The Morgan fingerprint density at radius 3 is 2.67 bits per heavy atom. The van der Waals surface area contributed by atoms with Crippen molar-refractivity contribution in [1.82, 2.24) is 0 Å². The smallest absolute Gasteiger partial charge is 0.0602 e. The number of anilines is 2. The Balaban J connectivity index is 2.28. The Kier molecular flexibility index (Phi) is 2.37. The minimum absolute atomic E-state index is 0.427. The molecule has 2 rings (SSSR count). The highest BCUT2D eigenvalue weighted by molar-refractivity contribution is 5.71. The van der Waals surface area contributed by atoms with E-state index >= 15 is 0 Å². The third kappa shape index (κ3) is 1.94. The predicted molar refractivity (Wildman–Crippen MR) is 66.2 cm³/mol. The lowest BCUT2D eigenvalue weighted by Gasteiger charge is -2.23. The first kappa shape index (κ1) is 10.3. The molecule has 1 fully saturated rings. The summed E-state index contributed by atoms with van der Waals surface area (Å²) >= 11 is 0. The SMILES string of the molecule is Cc1cccc(N2CCC(C)(C)C2)c1N. The fourth-order valence-corrected chi connectivity index (χ4v) is 2.26. The van der Waals surface area contributed by atoms with E-state index in [1.165, 1.54) is 17.7 Å². The van der Waals surface area contributed by atoms with Crippen molar-refractivity contribution in [3.05, 3.63) is 23.8 Å². The molecule has 1 saturated heterocycles. The highest BCUT2D eigenvalue weighted by Gasteiger charge is 2.30. The highest BCUT2D eigenvalue weighted by atomic mass is 15.2.